The number of pyridine rings is 1. The number of nitrogens with one attached hydrogen (secondary N) is 1. The molecule has 1 aliphatic carbocycles. The van der Waals surface area contributed by atoms with Crippen LogP contribution in [0, 0.1) is 5.92 Å². The normalized spacial score (nSPS) is 20.3. The van der Waals surface area contributed by atoms with Crippen LogP contribution < -0.4 is 9.62 Å². The second-order valence-corrected chi connectivity index (χ2v) is 13.3. The molecule has 1 saturated carbocycles. The van der Waals surface area contributed by atoms with E-state index in [1.807, 2.05) is 0 Å². The van der Waals surface area contributed by atoms with E-state index in [1.54, 1.807) is 42.3 Å². The number of rotatable bonds is 10. The predicted molar refractivity (Wildman–Crippen MR) is 158 cm³/mol. The Hall–Kier alpha value is -3.98. The molecule has 0 bridgehead atoms. The van der Waals surface area contributed by atoms with Crippen LogP contribution in [0.15, 0.2) is 36.7 Å². The minimum absolute atomic E-state index is 0.0950. The summed E-state index contributed by atoms with van der Waals surface area (Å²) in [5.41, 5.74) is 2.74. The number of benzene rings is 1. The molecule has 15 heteroatoms. The molecule has 0 spiro atoms. The van der Waals surface area contributed by atoms with Gasteiger partial charge in [-0.05, 0) is 49.4 Å². The van der Waals surface area contributed by atoms with Crippen LogP contribution in [0.3, 0.4) is 0 Å². The molecule has 3 atom stereocenters. The number of carbonyl (C=O) groups excluding carboxylic acids is 1. The van der Waals surface area contributed by atoms with Crippen LogP contribution in [0.1, 0.15) is 49.9 Å². The maximum absolute atomic E-state index is 14.4. The highest BCUT2D eigenvalue weighted by Gasteiger charge is 2.43. The Balaban J connectivity index is 1.50. The second-order valence-electron chi connectivity index (χ2n) is 11.3. The van der Waals surface area contributed by atoms with Gasteiger partial charge in [-0.15, -0.1) is 0 Å². The molecule has 11 nitrogen and oxygen atoms in total. The van der Waals surface area contributed by atoms with Crippen LogP contribution in [0.5, 0.6) is 0 Å². The summed E-state index contributed by atoms with van der Waals surface area (Å²) in [4.78, 5) is 21.6. The van der Waals surface area contributed by atoms with Gasteiger partial charge in [-0.2, -0.15) is 5.10 Å². The Labute approximate surface area is 252 Å². The number of anilines is 3. The third kappa shape index (κ3) is 5.89. The zero-order valence-corrected chi connectivity index (χ0v) is 25.2. The second kappa shape index (κ2) is 11.5. The number of sulfonamides is 1. The number of alkyl halides is 3. The molecule has 1 aromatic carbocycles. The molecule has 4 aromatic rings. The van der Waals surface area contributed by atoms with Crippen LogP contribution >= 0.6 is 0 Å². The number of carbonyl (C=O) groups is 1. The van der Waals surface area contributed by atoms with Gasteiger partial charge in [0.15, 0.2) is 11.5 Å². The van der Waals surface area contributed by atoms with Crippen molar-refractivity contribution in [3.8, 4) is 11.1 Å². The topological polar surface area (TPSA) is 124 Å². The fraction of sp³-hybridized carbons (Fsp3) is 0.448. The lowest BCUT2D eigenvalue weighted by Gasteiger charge is -2.25. The molecule has 1 N–H and O–H groups in total. The van der Waals surface area contributed by atoms with Gasteiger partial charge in [0.1, 0.15) is 23.7 Å². The van der Waals surface area contributed by atoms with Crippen molar-refractivity contribution < 1.29 is 31.1 Å². The average molecular weight is 632 g/mol. The molecule has 0 radical (unpaired) electrons. The van der Waals surface area contributed by atoms with Gasteiger partial charge >= 0.3 is 0 Å². The summed E-state index contributed by atoms with van der Waals surface area (Å²) in [6, 6.07) is 6.64. The molecule has 2 unspecified atom stereocenters. The number of imidazole rings is 1. The molecule has 234 valence electrons. The summed E-state index contributed by atoms with van der Waals surface area (Å²) in [6.07, 6.45) is 1.62. The van der Waals surface area contributed by atoms with Crippen LogP contribution in [-0.2, 0) is 33.0 Å². The van der Waals surface area contributed by atoms with Crippen molar-refractivity contribution in [1.29, 1.82) is 0 Å². The molecule has 4 heterocycles. The third-order valence-corrected chi connectivity index (χ3v) is 9.18. The van der Waals surface area contributed by atoms with E-state index in [1.165, 1.54) is 17.7 Å². The van der Waals surface area contributed by atoms with Gasteiger partial charge in [0.2, 0.25) is 10.0 Å². The van der Waals surface area contributed by atoms with Crippen LogP contribution in [-0.4, -0.2) is 64.6 Å². The number of ketones is 1. The van der Waals surface area contributed by atoms with Gasteiger partial charge in [0.05, 0.1) is 41.1 Å². The Bertz CT molecular complexity index is 1840. The molecule has 0 amide bonds. The monoisotopic (exact) mass is 631 g/mol. The number of aryl methyl sites for hydroxylation is 1. The third-order valence-electron chi connectivity index (χ3n) is 7.99. The highest BCUT2D eigenvalue weighted by molar-refractivity contribution is 7.92. The molecule has 2 fully saturated rings. The number of hydrogen-bond donors (Lipinski definition) is 1. The smallest absolute Gasteiger partial charge is 0.295 e. The Morgan fingerprint density at radius 1 is 1.18 bits per heavy atom. The molecule has 1 saturated heterocycles. The lowest BCUT2D eigenvalue weighted by Crippen LogP contribution is -2.25. The Kier molecular flexibility index (Phi) is 7.86. The maximum atomic E-state index is 14.4. The van der Waals surface area contributed by atoms with Crippen LogP contribution in [0.4, 0.5) is 30.2 Å². The van der Waals surface area contributed by atoms with Gasteiger partial charge in [-0.1, -0.05) is 6.07 Å². The molecule has 6 rings (SSSR count). The van der Waals surface area contributed by atoms with Crippen molar-refractivity contribution in [1.82, 2.24) is 24.3 Å². The molecular formula is C29H32F3N7O4S. The largest absolute Gasteiger partial charge is 0.358 e. The van der Waals surface area contributed by atoms with E-state index in [0.717, 1.165) is 29.0 Å². The summed E-state index contributed by atoms with van der Waals surface area (Å²) in [6.45, 7) is 0.389. The van der Waals surface area contributed by atoms with Gasteiger partial charge in [-0.3, -0.25) is 18.3 Å². The summed E-state index contributed by atoms with van der Waals surface area (Å²) < 4.78 is 77.6. The van der Waals surface area contributed by atoms with E-state index in [4.69, 9.17) is 4.74 Å². The van der Waals surface area contributed by atoms with Crippen molar-refractivity contribution >= 4 is 44.0 Å². The number of aromatic nitrogens is 5. The Morgan fingerprint density at radius 2 is 1.95 bits per heavy atom. The maximum Gasteiger partial charge on any atom is 0.295 e. The first kappa shape index (κ1) is 30.1. The zero-order valence-electron chi connectivity index (χ0n) is 24.4. The number of hydrogen-bond acceptors (Lipinski definition) is 8. The summed E-state index contributed by atoms with van der Waals surface area (Å²) >= 11 is 0. The number of Topliss-reactive ketones (excluding diaryl/α,β-unsaturated/α-hetero) is 1. The van der Waals surface area contributed by atoms with E-state index < -0.39 is 40.6 Å². The summed E-state index contributed by atoms with van der Waals surface area (Å²) in [5.74, 6) is -1.57. The van der Waals surface area contributed by atoms with Crippen molar-refractivity contribution in [3.63, 3.8) is 0 Å². The van der Waals surface area contributed by atoms with Crippen molar-refractivity contribution in [3.05, 3.63) is 48.2 Å². The highest BCUT2D eigenvalue weighted by atomic mass is 32.2. The quantitative estimate of drug-likeness (QED) is 0.257. The first-order valence-corrected chi connectivity index (χ1v) is 16.1. The van der Waals surface area contributed by atoms with E-state index in [-0.39, 0.29) is 46.9 Å². The number of ether oxygens (including phenoxy) is 1. The highest BCUT2D eigenvalue weighted by Crippen LogP contribution is 2.40. The van der Waals surface area contributed by atoms with Gasteiger partial charge < -0.3 is 10.1 Å². The predicted octanol–water partition coefficient (Wildman–Crippen LogP) is 5.08. The van der Waals surface area contributed by atoms with Crippen molar-refractivity contribution in [2.45, 2.75) is 50.9 Å². The number of halogens is 3. The van der Waals surface area contributed by atoms with Crippen LogP contribution in [0.2, 0.25) is 0 Å². The number of fused-ring (bicyclic) bond motifs is 1. The first-order valence-electron chi connectivity index (χ1n) is 14.2. The van der Waals surface area contributed by atoms with Gasteiger partial charge in [0, 0.05) is 38.9 Å². The fourth-order valence-corrected chi connectivity index (χ4v) is 5.97. The van der Waals surface area contributed by atoms with E-state index in [9.17, 15) is 26.4 Å². The van der Waals surface area contributed by atoms with Crippen LogP contribution in [0.25, 0.3) is 22.3 Å². The van der Waals surface area contributed by atoms with E-state index in [0.29, 0.717) is 24.3 Å². The molecule has 3 aromatic heterocycles. The molecule has 1 aliphatic heterocycles. The zero-order chi connectivity index (χ0) is 31.3. The first-order chi connectivity index (χ1) is 20.9. The van der Waals surface area contributed by atoms with Gasteiger partial charge in [-0.25, -0.2) is 31.6 Å². The Morgan fingerprint density at radius 3 is 2.57 bits per heavy atom. The lowest BCUT2D eigenvalue weighted by atomic mass is 10.1. The number of nitrogens with zero attached hydrogens (tertiary/aromatic N) is 6. The minimum atomic E-state index is -3.72. The van der Waals surface area contributed by atoms with Crippen molar-refractivity contribution in [2.75, 3.05) is 29.5 Å². The summed E-state index contributed by atoms with van der Waals surface area (Å²) in [5, 5.41) is 7.38. The fourth-order valence-electron chi connectivity index (χ4n) is 5.46. The SMILES string of the molecule is CN(c1cc(-c2cnn(C)c2)ccc1Nc1cc(CC(=O)C2C[C@@H]2F)nc2c1nc(C(F)F)n2C1CCCCO1)S(C)(=O)=O. The molecule has 2 aliphatic rings. The average Bonchev–Trinajstić information content (AvgIpc) is 3.36. The summed E-state index contributed by atoms with van der Waals surface area (Å²) in [7, 11) is -0.552. The molecule has 44 heavy (non-hydrogen) atoms. The van der Waals surface area contributed by atoms with Crippen molar-refractivity contribution in [2.24, 2.45) is 13.0 Å². The van der Waals surface area contributed by atoms with E-state index in [2.05, 4.69) is 20.4 Å². The van der Waals surface area contributed by atoms with Gasteiger partial charge in [0.25, 0.3) is 6.43 Å². The standard InChI is InChI=1S/C29H32F3N7O4S/c1-37-15-17(14-33-37)16-7-8-21(23(10-16)38(2)44(3,41)42)35-22-11-18(12-24(40)19-13-20(19)30)34-28-26(22)36-29(27(31)32)39(28)25-6-4-5-9-43-25/h7-8,10-11,14-15,19-20,25,27H,4-6,9,12-13H2,1-3H3,(H,34,35)/t19?,20-,25?/m0/s1. The minimum Gasteiger partial charge on any atom is -0.358 e. The molecular weight excluding hydrogens is 599 g/mol. The lowest BCUT2D eigenvalue weighted by molar-refractivity contribution is -0.120. The van der Waals surface area contributed by atoms with E-state index >= 15 is 0 Å².